The molecule has 4 heteroatoms. The molecule has 0 saturated carbocycles. The van der Waals surface area contributed by atoms with E-state index in [1.165, 1.54) is 7.11 Å². The second-order valence-electron chi connectivity index (χ2n) is 3.87. The number of esters is 1. The highest BCUT2D eigenvalue weighted by molar-refractivity contribution is 5.82. The lowest BCUT2D eigenvalue weighted by Gasteiger charge is -2.11. The molecule has 0 aliphatic heterocycles. The van der Waals surface area contributed by atoms with Gasteiger partial charge in [0.25, 0.3) is 0 Å². The van der Waals surface area contributed by atoms with E-state index >= 15 is 0 Å². The Morgan fingerprint density at radius 2 is 1.94 bits per heavy atom. The van der Waals surface area contributed by atoms with E-state index in [9.17, 15) is 9.59 Å². The van der Waals surface area contributed by atoms with Gasteiger partial charge in [0.15, 0.2) is 0 Å². The molecular weight excluding hydrogens is 218 g/mol. The summed E-state index contributed by atoms with van der Waals surface area (Å²) >= 11 is 0. The molecule has 0 radical (unpaired) electrons. The molecule has 0 aliphatic carbocycles. The van der Waals surface area contributed by atoms with Crippen LogP contribution in [0, 0.1) is 0 Å². The number of hydrogen-bond acceptors (Lipinski definition) is 3. The Morgan fingerprint density at radius 3 is 2.53 bits per heavy atom. The Labute approximate surface area is 101 Å². The van der Waals surface area contributed by atoms with Crippen molar-refractivity contribution in [3.63, 3.8) is 0 Å². The first-order chi connectivity index (χ1) is 8.13. The van der Waals surface area contributed by atoms with Crippen LogP contribution in [0.25, 0.3) is 0 Å². The Kier molecular flexibility index (Phi) is 5.20. The standard InChI is InChI=1S/C13H17NO3/c1-10(11-6-4-3-5-7-11)8-12(15)14-9-13(16)17-2/h3-7,10H,8-9H2,1-2H3,(H,14,15). The summed E-state index contributed by atoms with van der Waals surface area (Å²) in [6, 6.07) is 9.79. The third kappa shape index (κ3) is 4.68. The van der Waals surface area contributed by atoms with Crippen molar-refractivity contribution in [1.29, 1.82) is 0 Å². The molecule has 0 bridgehead atoms. The van der Waals surface area contributed by atoms with Crippen LogP contribution in [0.3, 0.4) is 0 Å². The average molecular weight is 235 g/mol. The first kappa shape index (κ1) is 13.2. The highest BCUT2D eigenvalue weighted by atomic mass is 16.5. The fraction of sp³-hybridized carbons (Fsp3) is 0.385. The fourth-order valence-corrected chi connectivity index (χ4v) is 1.49. The van der Waals surface area contributed by atoms with E-state index in [0.717, 1.165) is 5.56 Å². The Morgan fingerprint density at radius 1 is 1.29 bits per heavy atom. The molecular formula is C13H17NO3. The highest BCUT2D eigenvalue weighted by Crippen LogP contribution is 2.17. The first-order valence-electron chi connectivity index (χ1n) is 5.52. The number of hydrogen-bond donors (Lipinski definition) is 1. The molecule has 1 rings (SSSR count). The smallest absolute Gasteiger partial charge is 0.325 e. The summed E-state index contributed by atoms with van der Waals surface area (Å²) in [7, 11) is 1.29. The molecule has 1 aromatic carbocycles. The van der Waals surface area contributed by atoms with Crippen molar-refractivity contribution in [1.82, 2.24) is 5.32 Å². The number of nitrogens with one attached hydrogen (secondary N) is 1. The summed E-state index contributed by atoms with van der Waals surface area (Å²) in [5.74, 6) is -0.452. The second kappa shape index (κ2) is 6.68. The Balaban J connectivity index is 2.39. The SMILES string of the molecule is COC(=O)CNC(=O)CC(C)c1ccccc1. The van der Waals surface area contributed by atoms with Gasteiger partial charge in [-0.3, -0.25) is 9.59 Å². The summed E-state index contributed by atoms with van der Waals surface area (Å²) in [6.07, 6.45) is 0.362. The monoisotopic (exact) mass is 235 g/mol. The van der Waals surface area contributed by atoms with E-state index in [-0.39, 0.29) is 18.4 Å². The van der Waals surface area contributed by atoms with Gasteiger partial charge in [0.05, 0.1) is 7.11 Å². The normalized spacial score (nSPS) is 11.6. The minimum atomic E-state index is -0.439. The van der Waals surface area contributed by atoms with Crippen molar-refractivity contribution in [3.8, 4) is 0 Å². The molecule has 1 atom stereocenters. The van der Waals surface area contributed by atoms with Crippen molar-refractivity contribution in [2.24, 2.45) is 0 Å². The van der Waals surface area contributed by atoms with Crippen LogP contribution in [-0.2, 0) is 14.3 Å². The van der Waals surface area contributed by atoms with Crippen LogP contribution in [0.5, 0.6) is 0 Å². The molecule has 1 amide bonds. The number of methoxy groups -OCH3 is 1. The van der Waals surface area contributed by atoms with Crippen LogP contribution in [-0.4, -0.2) is 25.5 Å². The van der Waals surface area contributed by atoms with E-state index in [1.807, 2.05) is 37.3 Å². The zero-order valence-corrected chi connectivity index (χ0v) is 10.1. The largest absolute Gasteiger partial charge is 0.468 e. The number of carbonyl (C=O) groups excluding carboxylic acids is 2. The Hall–Kier alpha value is -1.84. The van der Waals surface area contributed by atoms with Crippen molar-refractivity contribution >= 4 is 11.9 Å². The van der Waals surface area contributed by atoms with Gasteiger partial charge in [-0.15, -0.1) is 0 Å². The zero-order valence-electron chi connectivity index (χ0n) is 10.1. The van der Waals surface area contributed by atoms with Crippen LogP contribution in [0.1, 0.15) is 24.8 Å². The van der Waals surface area contributed by atoms with E-state index in [0.29, 0.717) is 6.42 Å². The minimum Gasteiger partial charge on any atom is -0.468 e. The van der Waals surface area contributed by atoms with Crippen LogP contribution in [0.2, 0.25) is 0 Å². The summed E-state index contributed by atoms with van der Waals surface area (Å²) in [6.45, 7) is 1.91. The van der Waals surface area contributed by atoms with Gasteiger partial charge >= 0.3 is 5.97 Å². The van der Waals surface area contributed by atoms with Crippen molar-refractivity contribution in [2.75, 3.05) is 13.7 Å². The summed E-state index contributed by atoms with van der Waals surface area (Å²) in [5.41, 5.74) is 1.11. The maximum Gasteiger partial charge on any atom is 0.325 e. The van der Waals surface area contributed by atoms with E-state index < -0.39 is 5.97 Å². The number of amides is 1. The molecule has 1 aromatic rings. The number of rotatable bonds is 5. The summed E-state index contributed by atoms with van der Waals surface area (Å²) in [4.78, 5) is 22.4. The predicted octanol–water partition coefficient (Wildman–Crippen LogP) is 1.47. The van der Waals surface area contributed by atoms with Gasteiger partial charge in [-0.25, -0.2) is 0 Å². The highest BCUT2D eigenvalue weighted by Gasteiger charge is 2.11. The van der Waals surface area contributed by atoms with Gasteiger partial charge in [0, 0.05) is 6.42 Å². The van der Waals surface area contributed by atoms with Crippen LogP contribution in [0.4, 0.5) is 0 Å². The van der Waals surface area contributed by atoms with Crippen molar-refractivity contribution < 1.29 is 14.3 Å². The molecule has 0 aliphatic rings. The van der Waals surface area contributed by atoms with E-state index in [2.05, 4.69) is 10.1 Å². The molecule has 0 aromatic heterocycles. The number of carbonyl (C=O) groups is 2. The molecule has 4 nitrogen and oxygen atoms in total. The van der Waals surface area contributed by atoms with Gasteiger partial charge in [-0.2, -0.15) is 0 Å². The van der Waals surface area contributed by atoms with Crippen molar-refractivity contribution in [2.45, 2.75) is 19.3 Å². The van der Waals surface area contributed by atoms with Gasteiger partial charge in [0.1, 0.15) is 6.54 Å². The van der Waals surface area contributed by atoms with E-state index in [1.54, 1.807) is 0 Å². The third-order valence-corrected chi connectivity index (χ3v) is 2.52. The molecule has 0 heterocycles. The van der Waals surface area contributed by atoms with Gasteiger partial charge in [0.2, 0.25) is 5.91 Å². The Bertz CT molecular complexity index is 376. The molecule has 1 N–H and O–H groups in total. The van der Waals surface area contributed by atoms with Crippen LogP contribution in [0.15, 0.2) is 30.3 Å². The lowest BCUT2D eigenvalue weighted by atomic mass is 9.98. The molecule has 0 fully saturated rings. The van der Waals surface area contributed by atoms with E-state index in [4.69, 9.17) is 0 Å². The summed E-state index contributed by atoms with van der Waals surface area (Å²) < 4.78 is 4.44. The average Bonchev–Trinajstić information content (AvgIpc) is 2.36. The van der Waals surface area contributed by atoms with Gasteiger partial charge in [-0.1, -0.05) is 37.3 Å². The quantitative estimate of drug-likeness (QED) is 0.786. The van der Waals surface area contributed by atoms with Crippen LogP contribution < -0.4 is 5.32 Å². The van der Waals surface area contributed by atoms with Gasteiger partial charge in [-0.05, 0) is 11.5 Å². The molecule has 0 saturated heterocycles. The number of ether oxygens (including phenoxy) is 1. The maximum atomic E-state index is 11.5. The lowest BCUT2D eigenvalue weighted by Crippen LogP contribution is -2.30. The molecule has 0 spiro atoms. The molecule has 1 unspecified atom stereocenters. The maximum absolute atomic E-state index is 11.5. The summed E-state index contributed by atoms with van der Waals surface area (Å²) in [5, 5.41) is 2.52. The lowest BCUT2D eigenvalue weighted by molar-refractivity contribution is -0.141. The predicted molar refractivity (Wildman–Crippen MR) is 64.5 cm³/mol. The molecule has 17 heavy (non-hydrogen) atoms. The second-order valence-corrected chi connectivity index (χ2v) is 3.87. The fourth-order valence-electron chi connectivity index (χ4n) is 1.49. The third-order valence-electron chi connectivity index (χ3n) is 2.52. The number of benzene rings is 1. The topological polar surface area (TPSA) is 55.4 Å². The minimum absolute atomic E-state index is 0.0726. The molecule has 92 valence electrons. The van der Waals surface area contributed by atoms with Gasteiger partial charge < -0.3 is 10.1 Å². The first-order valence-corrected chi connectivity index (χ1v) is 5.52. The van der Waals surface area contributed by atoms with Crippen LogP contribution >= 0.6 is 0 Å². The van der Waals surface area contributed by atoms with Crippen molar-refractivity contribution in [3.05, 3.63) is 35.9 Å². The zero-order chi connectivity index (χ0) is 12.7.